The van der Waals surface area contributed by atoms with Crippen molar-refractivity contribution >= 4 is 17.3 Å². The highest BCUT2D eigenvalue weighted by Gasteiger charge is 2.09. The maximum Gasteiger partial charge on any atom is 0.140 e. The van der Waals surface area contributed by atoms with Gasteiger partial charge in [0.15, 0.2) is 0 Å². The lowest BCUT2D eigenvalue weighted by Crippen LogP contribution is -2.10. The summed E-state index contributed by atoms with van der Waals surface area (Å²) in [5.41, 5.74) is 6.58. The normalized spacial score (nSPS) is 9.69. The molecule has 0 fully saturated rings. The van der Waals surface area contributed by atoms with Crippen molar-refractivity contribution in [2.75, 3.05) is 17.6 Å². The second-order valence-electron chi connectivity index (χ2n) is 2.64. The number of anilines is 2. The maximum atomic E-state index is 7.50. The summed E-state index contributed by atoms with van der Waals surface area (Å²) in [6.45, 7) is 4.37. The molecule has 1 aromatic heterocycles. The first-order valence-electron chi connectivity index (χ1n) is 4.06. The van der Waals surface area contributed by atoms with E-state index in [2.05, 4.69) is 15.3 Å². The van der Waals surface area contributed by atoms with Crippen LogP contribution in [0, 0.1) is 5.41 Å². The van der Waals surface area contributed by atoms with E-state index in [-0.39, 0.29) is 0 Å². The molecule has 0 amide bonds. The van der Waals surface area contributed by atoms with Gasteiger partial charge in [-0.15, -0.1) is 0 Å². The Morgan fingerprint density at radius 3 is 2.85 bits per heavy atom. The minimum absolute atomic E-state index is 0.346. The molecule has 4 N–H and O–H groups in total. The van der Waals surface area contributed by atoms with Crippen LogP contribution in [0.3, 0.4) is 0 Å². The second-order valence-corrected chi connectivity index (χ2v) is 2.64. The molecule has 0 unspecified atom stereocenters. The molecule has 1 aromatic rings. The highest BCUT2D eigenvalue weighted by molar-refractivity contribution is 6.04. The summed E-state index contributed by atoms with van der Waals surface area (Å²) in [5, 5.41) is 10.5. The molecule has 0 radical (unpaired) electrons. The lowest BCUT2D eigenvalue weighted by molar-refractivity contribution is 1.11. The van der Waals surface area contributed by atoms with Gasteiger partial charge >= 0.3 is 0 Å². The zero-order valence-electron chi connectivity index (χ0n) is 7.76. The Hall–Kier alpha value is -1.65. The van der Waals surface area contributed by atoms with Gasteiger partial charge in [-0.05, 0) is 13.8 Å². The number of aromatic nitrogens is 2. The minimum Gasteiger partial charge on any atom is -0.383 e. The molecule has 13 heavy (non-hydrogen) atoms. The van der Waals surface area contributed by atoms with E-state index in [1.165, 1.54) is 6.33 Å². The first-order valence-corrected chi connectivity index (χ1v) is 4.06. The quantitative estimate of drug-likeness (QED) is 0.601. The molecule has 5 heteroatoms. The van der Waals surface area contributed by atoms with Gasteiger partial charge < -0.3 is 16.5 Å². The van der Waals surface area contributed by atoms with Gasteiger partial charge in [-0.25, -0.2) is 9.97 Å². The molecule has 0 bridgehead atoms. The van der Waals surface area contributed by atoms with E-state index in [1.54, 1.807) is 6.92 Å². The Kier molecular flexibility index (Phi) is 2.79. The largest absolute Gasteiger partial charge is 0.383 e. The summed E-state index contributed by atoms with van der Waals surface area (Å²) in [6.07, 6.45) is 1.39. The fourth-order valence-corrected chi connectivity index (χ4v) is 1.07. The van der Waals surface area contributed by atoms with Gasteiger partial charge in [-0.1, -0.05) is 0 Å². The van der Waals surface area contributed by atoms with E-state index < -0.39 is 0 Å². The summed E-state index contributed by atoms with van der Waals surface area (Å²) in [5.74, 6) is 0.973. The van der Waals surface area contributed by atoms with Crippen molar-refractivity contribution in [3.63, 3.8) is 0 Å². The summed E-state index contributed by atoms with van der Waals surface area (Å²) >= 11 is 0. The standard InChI is InChI=1S/C8H13N5/c1-3-11-8-6(5(2)9)7(10)12-4-13-8/h4,9H,3H2,1-2H3,(H3,10,11,12,13). The van der Waals surface area contributed by atoms with Gasteiger partial charge in [0.2, 0.25) is 0 Å². The fourth-order valence-electron chi connectivity index (χ4n) is 1.07. The molecular weight excluding hydrogens is 166 g/mol. The third-order valence-corrected chi connectivity index (χ3v) is 1.60. The predicted octanol–water partition coefficient (Wildman–Crippen LogP) is 0.878. The lowest BCUT2D eigenvalue weighted by Gasteiger charge is -2.09. The summed E-state index contributed by atoms with van der Waals surface area (Å²) in [7, 11) is 0. The topological polar surface area (TPSA) is 87.7 Å². The van der Waals surface area contributed by atoms with E-state index in [9.17, 15) is 0 Å². The van der Waals surface area contributed by atoms with E-state index in [1.807, 2.05) is 6.92 Å². The molecule has 0 aliphatic rings. The fraction of sp³-hybridized carbons (Fsp3) is 0.375. The molecular formula is C8H13N5. The predicted molar refractivity (Wildman–Crippen MR) is 53.1 cm³/mol. The van der Waals surface area contributed by atoms with E-state index in [0.717, 1.165) is 6.54 Å². The van der Waals surface area contributed by atoms with E-state index in [4.69, 9.17) is 11.1 Å². The van der Waals surface area contributed by atoms with Gasteiger partial charge in [0.1, 0.15) is 18.0 Å². The number of nitrogen functional groups attached to an aromatic ring is 1. The number of hydrogen-bond donors (Lipinski definition) is 3. The highest BCUT2D eigenvalue weighted by Crippen LogP contribution is 2.16. The smallest absolute Gasteiger partial charge is 0.140 e. The van der Waals surface area contributed by atoms with Crippen LogP contribution in [-0.2, 0) is 0 Å². The minimum atomic E-state index is 0.346. The molecule has 1 rings (SSSR count). The maximum absolute atomic E-state index is 7.50. The molecule has 0 spiro atoms. The highest BCUT2D eigenvalue weighted by atomic mass is 15.0. The van der Waals surface area contributed by atoms with Crippen molar-refractivity contribution in [3.05, 3.63) is 11.9 Å². The summed E-state index contributed by atoms with van der Waals surface area (Å²) in [6, 6.07) is 0. The molecule has 0 aliphatic heterocycles. The molecule has 0 saturated heterocycles. The van der Waals surface area contributed by atoms with Gasteiger partial charge in [0, 0.05) is 12.3 Å². The van der Waals surface area contributed by atoms with Gasteiger partial charge in [-0.2, -0.15) is 0 Å². The zero-order valence-corrected chi connectivity index (χ0v) is 7.76. The molecule has 1 heterocycles. The van der Waals surface area contributed by atoms with E-state index in [0.29, 0.717) is 22.9 Å². The monoisotopic (exact) mass is 179 g/mol. The Bertz CT molecular complexity index is 320. The first kappa shape index (κ1) is 9.44. The Morgan fingerprint density at radius 1 is 1.62 bits per heavy atom. The average molecular weight is 179 g/mol. The number of rotatable bonds is 3. The third kappa shape index (κ3) is 1.93. The Labute approximate surface area is 76.9 Å². The lowest BCUT2D eigenvalue weighted by atomic mass is 10.2. The van der Waals surface area contributed by atoms with Gasteiger partial charge in [0.25, 0.3) is 0 Å². The molecule has 5 nitrogen and oxygen atoms in total. The van der Waals surface area contributed by atoms with Crippen LogP contribution in [0.2, 0.25) is 0 Å². The SMILES string of the molecule is CCNc1ncnc(N)c1C(C)=N. The molecule has 0 aliphatic carbocycles. The van der Waals surface area contributed by atoms with Crippen LogP contribution >= 0.6 is 0 Å². The number of hydrogen-bond acceptors (Lipinski definition) is 5. The van der Waals surface area contributed by atoms with Crippen LogP contribution < -0.4 is 11.1 Å². The van der Waals surface area contributed by atoms with Crippen LogP contribution in [0.25, 0.3) is 0 Å². The number of nitrogens with two attached hydrogens (primary N) is 1. The van der Waals surface area contributed by atoms with Crippen molar-refractivity contribution in [2.45, 2.75) is 13.8 Å². The van der Waals surface area contributed by atoms with Crippen molar-refractivity contribution in [3.8, 4) is 0 Å². The molecule has 0 atom stereocenters. The number of nitrogens with zero attached hydrogens (tertiary/aromatic N) is 2. The van der Waals surface area contributed by atoms with Crippen LogP contribution in [0.15, 0.2) is 6.33 Å². The van der Waals surface area contributed by atoms with Crippen LogP contribution in [0.4, 0.5) is 11.6 Å². The van der Waals surface area contributed by atoms with Crippen LogP contribution in [-0.4, -0.2) is 22.2 Å². The Morgan fingerprint density at radius 2 is 2.31 bits per heavy atom. The zero-order chi connectivity index (χ0) is 9.84. The first-order chi connectivity index (χ1) is 6.16. The average Bonchev–Trinajstić information content (AvgIpc) is 2.04. The summed E-state index contributed by atoms with van der Waals surface area (Å²) in [4.78, 5) is 7.84. The number of nitrogens with one attached hydrogen (secondary N) is 2. The van der Waals surface area contributed by atoms with Crippen molar-refractivity contribution in [1.29, 1.82) is 5.41 Å². The molecule has 0 aromatic carbocycles. The molecule has 70 valence electrons. The van der Waals surface area contributed by atoms with Crippen molar-refractivity contribution in [2.24, 2.45) is 0 Å². The van der Waals surface area contributed by atoms with Gasteiger partial charge in [0.05, 0.1) is 5.56 Å². The molecule has 0 saturated carbocycles. The van der Waals surface area contributed by atoms with Crippen molar-refractivity contribution < 1.29 is 0 Å². The Balaban J connectivity index is 3.17. The third-order valence-electron chi connectivity index (χ3n) is 1.60. The second kappa shape index (κ2) is 3.84. The van der Waals surface area contributed by atoms with E-state index >= 15 is 0 Å². The van der Waals surface area contributed by atoms with Crippen LogP contribution in [0.5, 0.6) is 0 Å². The van der Waals surface area contributed by atoms with Crippen LogP contribution in [0.1, 0.15) is 19.4 Å². The van der Waals surface area contributed by atoms with Crippen molar-refractivity contribution in [1.82, 2.24) is 9.97 Å². The van der Waals surface area contributed by atoms with Gasteiger partial charge in [-0.3, -0.25) is 0 Å². The summed E-state index contributed by atoms with van der Waals surface area (Å²) < 4.78 is 0.